The first-order valence-corrected chi connectivity index (χ1v) is 11.3. The van der Waals surface area contributed by atoms with Crippen molar-refractivity contribution >= 4 is 22.8 Å². The van der Waals surface area contributed by atoms with E-state index in [4.69, 9.17) is 9.72 Å². The van der Waals surface area contributed by atoms with Crippen LogP contribution in [0.4, 0.5) is 5.82 Å². The molecule has 1 saturated heterocycles. The molecule has 1 fully saturated rings. The van der Waals surface area contributed by atoms with Gasteiger partial charge in [0.2, 0.25) is 0 Å². The molecule has 2 aromatic heterocycles. The topological polar surface area (TPSA) is 83.1 Å². The summed E-state index contributed by atoms with van der Waals surface area (Å²) in [6, 6.07) is 21.8. The summed E-state index contributed by atoms with van der Waals surface area (Å²) in [6.07, 6.45) is 1.78. The van der Waals surface area contributed by atoms with Gasteiger partial charge in [-0.25, -0.2) is 4.98 Å². The van der Waals surface area contributed by atoms with Crippen molar-refractivity contribution < 1.29 is 9.53 Å². The minimum Gasteiger partial charge on any atom is -0.497 e. The van der Waals surface area contributed by atoms with E-state index in [0.29, 0.717) is 36.9 Å². The summed E-state index contributed by atoms with van der Waals surface area (Å²) in [7, 11) is 1.61. The van der Waals surface area contributed by atoms with Crippen LogP contribution in [0.15, 0.2) is 66.7 Å². The van der Waals surface area contributed by atoms with E-state index in [1.807, 2.05) is 41.3 Å². The van der Waals surface area contributed by atoms with E-state index in [-0.39, 0.29) is 5.91 Å². The van der Waals surface area contributed by atoms with Crippen LogP contribution in [0, 0.1) is 0 Å². The average molecular weight is 442 g/mol. The number of nitrogens with one attached hydrogen (secondary N) is 2. The standard InChI is InChI=1S/C26H27N5O2/c1-33-21-9-5-8-20(16-21)26(32)31-14-12-19(13-15-31)23-11-10-22-24(29-30-25(22)28-23)27-17-18-6-3-2-4-7-18/h2-11,16,19H,12-15,17H2,1H3,(H2,27,28,29,30). The smallest absolute Gasteiger partial charge is 0.253 e. The molecular weight excluding hydrogens is 414 g/mol. The first-order valence-electron chi connectivity index (χ1n) is 11.3. The van der Waals surface area contributed by atoms with Crippen molar-refractivity contribution in [2.24, 2.45) is 0 Å². The van der Waals surface area contributed by atoms with Gasteiger partial charge in [-0.1, -0.05) is 36.4 Å². The summed E-state index contributed by atoms with van der Waals surface area (Å²) in [5, 5.41) is 11.9. The van der Waals surface area contributed by atoms with E-state index in [1.165, 1.54) is 5.56 Å². The quantitative estimate of drug-likeness (QED) is 0.457. The van der Waals surface area contributed by atoms with E-state index in [0.717, 1.165) is 35.4 Å². The Hall–Kier alpha value is -3.87. The molecule has 1 amide bonds. The first kappa shape index (κ1) is 21.0. The molecule has 0 atom stereocenters. The van der Waals surface area contributed by atoms with Crippen LogP contribution < -0.4 is 10.1 Å². The normalized spacial score (nSPS) is 14.4. The summed E-state index contributed by atoms with van der Waals surface area (Å²) in [5.74, 6) is 1.89. The molecule has 33 heavy (non-hydrogen) atoms. The lowest BCUT2D eigenvalue weighted by atomic mass is 9.92. The number of hydrogen-bond acceptors (Lipinski definition) is 5. The summed E-state index contributed by atoms with van der Waals surface area (Å²) < 4.78 is 5.25. The molecule has 5 rings (SSSR count). The number of anilines is 1. The lowest BCUT2D eigenvalue weighted by Crippen LogP contribution is -2.38. The number of carbonyl (C=O) groups excluding carboxylic acids is 1. The lowest BCUT2D eigenvalue weighted by molar-refractivity contribution is 0.0711. The van der Waals surface area contributed by atoms with Crippen LogP contribution in [-0.4, -0.2) is 46.2 Å². The van der Waals surface area contributed by atoms with Gasteiger partial charge in [0.1, 0.15) is 5.75 Å². The van der Waals surface area contributed by atoms with Crippen LogP contribution in [0.2, 0.25) is 0 Å². The van der Waals surface area contributed by atoms with Gasteiger partial charge in [0.25, 0.3) is 5.91 Å². The van der Waals surface area contributed by atoms with Crippen LogP contribution in [-0.2, 0) is 6.54 Å². The molecule has 168 valence electrons. The van der Waals surface area contributed by atoms with E-state index in [2.05, 4.69) is 39.8 Å². The van der Waals surface area contributed by atoms with Crippen molar-refractivity contribution in [2.45, 2.75) is 25.3 Å². The predicted molar refractivity (Wildman–Crippen MR) is 129 cm³/mol. The maximum absolute atomic E-state index is 12.9. The van der Waals surface area contributed by atoms with Gasteiger partial charge in [-0.2, -0.15) is 5.10 Å². The van der Waals surface area contributed by atoms with Crippen molar-refractivity contribution in [3.63, 3.8) is 0 Å². The second-order valence-corrected chi connectivity index (χ2v) is 8.34. The molecule has 7 nitrogen and oxygen atoms in total. The molecule has 0 bridgehead atoms. The number of aromatic nitrogens is 3. The number of nitrogens with zero attached hydrogens (tertiary/aromatic N) is 3. The second-order valence-electron chi connectivity index (χ2n) is 8.34. The molecule has 4 aromatic rings. The SMILES string of the molecule is COc1cccc(C(=O)N2CCC(c3ccc4c(NCc5ccccc5)n[nH]c4n3)CC2)c1. The number of likely N-dealkylation sites (tertiary alicyclic amines) is 1. The summed E-state index contributed by atoms with van der Waals surface area (Å²) in [6.45, 7) is 2.14. The van der Waals surface area contributed by atoms with Crippen molar-refractivity contribution in [1.29, 1.82) is 0 Å². The highest BCUT2D eigenvalue weighted by Crippen LogP contribution is 2.30. The fourth-order valence-corrected chi connectivity index (χ4v) is 4.38. The van der Waals surface area contributed by atoms with Crippen LogP contribution in [0.25, 0.3) is 11.0 Å². The number of piperidine rings is 1. The van der Waals surface area contributed by atoms with E-state index >= 15 is 0 Å². The number of pyridine rings is 1. The number of aromatic amines is 1. The maximum atomic E-state index is 12.9. The third-order valence-corrected chi connectivity index (χ3v) is 6.27. The Morgan fingerprint density at radius 3 is 2.70 bits per heavy atom. The predicted octanol–water partition coefficient (Wildman–Crippen LogP) is 4.60. The minimum absolute atomic E-state index is 0.0541. The minimum atomic E-state index is 0.0541. The molecule has 0 spiro atoms. The van der Waals surface area contributed by atoms with Crippen LogP contribution in [0.1, 0.15) is 40.4 Å². The zero-order valence-electron chi connectivity index (χ0n) is 18.6. The van der Waals surface area contributed by atoms with Gasteiger partial charge in [0, 0.05) is 36.8 Å². The Kier molecular flexibility index (Phi) is 5.93. The van der Waals surface area contributed by atoms with Gasteiger partial charge >= 0.3 is 0 Å². The number of benzene rings is 2. The van der Waals surface area contributed by atoms with Crippen molar-refractivity contribution in [3.8, 4) is 5.75 Å². The van der Waals surface area contributed by atoms with E-state index in [1.54, 1.807) is 13.2 Å². The summed E-state index contributed by atoms with van der Waals surface area (Å²) in [4.78, 5) is 19.7. The summed E-state index contributed by atoms with van der Waals surface area (Å²) in [5.41, 5.74) is 3.71. The number of hydrogen-bond donors (Lipinski definition) is 2. The Bertz CT molecular complexity index is 1250. The van der Waals surface area contributed by atoms with Crippen molar-refractivity contribution in [2.75, 3.05) is 25.5 Å². The van der Waals surface area contributed by atoms with E-state index in [9.17, 15) is 4.79 Å². The van der Waals surface area contributed by atoms with Crippen LogP contribution in [0.5, 0.6) is 5.75 Å². The highest BCUT2D eigenvalue weighted by Gasteiger charge is 2.26. The van der Waals surface area contributed by atoms with Gasteiger partial charge in [-0.3, -0.25) is 9.89 Å². The van der Waals surface area contributed by atoms with Gasteiger partial charge in [-0.05, 0) is 48.7 Å². The third kappa shape index (κ3) is 4.53. The second kappa shape index (κ2) is 9.32. The van der Waals surface area contributed by atoms with Crippen LogP contribution >= 0.6 is 0 Å². The molecule has 0 saturated carbocycles. The lowest BCUT2D eigenvalue weighted by Gasteiger charge is -2.32. The molecule has 1 aliphatic rings. The molecular formula is C26H27N5O2. The highest BCUT2D eigenvalue weighted by molar-refractivity contribution is 5.94. The number of H-pyrrole nitrogens is 1. The molecule has 3 heterocycles. The first-order chi connectivity index (χ1) is 16.2. The zero-order chi connectivity index (χ0) is 22.6. The molecule has 2 N–H and O–H groups in total. The monoisotopic (exact) mass is 441 g/mol. The molecule has 0 aliphatic carbocycles. The number of carbonyl (C=O) groups is 1. The highest BCUT2D eigenvalue weighted by atomic mass is 16.5. The van der Waals surface area contributed by atoms with E-state index < -0.39 is 0 Å². The maximum Gasteiger partial charge on any atom is 0.253 e. The van der Waals surface area contributed by atoms with Crippen LogP contribution in [0.3, 0.4) is 0 Å². The Morgan fingerprint density at radius 2 is 1.91 bits per heavy atom. The Labute approximate surface area is 192 Å². The fraction of sp³-hybridized carbons (Fsp3) is 0.269. The Morgan fingerprint density at radius 1 is 1.09 bits per heavy atom. The number of methoxy groups -OCH3 is 1. The van der Waals surface area contributed by atoms with Crippen molar-refractivity contribution in [1.82, 2.24) is 20.1 Å². The zero-order valence-corrected chi connectivity index (χ0v) is 18.6. The third-order valence-electron chi connectivity index (χ3n) is 6.27. The van der Waals surface area contributed by atoms with Crippen molar-refractivity contribution in [3.05, 3.63) is 83.6 Å². The largest absolute Gasteiger partial charge is 0.497 e. The number of fused-ring (bicyclic) bond motifs is 1. The number of rotatable bonds is 6. The molecule has 0 unspecified atom stereocenters. The Balaban J connectivity index is 1.23. The summed E-state index contributed by atoms with van der Waals surface area (Å²) >= 11 is 0. The van der Waals surface area contributed by atoms with Gasteiger partial charge in [0.15, 0.2) is 11.5 Å². The fourth-order valence-electron chi connectivity index (χ4n) is 4.38. The van der Waals surface area contributed by atoms with Gasteiger partial charge in [0.05, 0.1) is 12.5 Å². The molecule has 0 radical (unpaired) electrons. The number of amides is 1. The molecule has 1 aliphatic heterocycles. The molecule has 2 aromatic carbocycles. The average Bonchev–Trinajstić information content (AvgIpc) is 3.30. The van der Waals surface area contributed by atoms with Gasteiger partial charge < -0.3 is 15.0 Å². The number of ether oxygens (including phenoxy) is 1. The molecule has 7 heteroatoms. The van der Waals surface area contributed by atoms with Gasteiger partial charge in [-0.15, -0.1) is 0 Å².